The van der Waals surface area contributed by atoms with Crippen molar-refractivity contribution >= 4 is 46.5 Å². The topological polar surface area (TPSA) is 105 Å². The van der Waals surface area contributed by atoms with Crippen LogP contribution in [0.2, 0.25) is 10.0 Å². The fourth-order valence-corrected chi connectivity index (χ4v) is 6.60. The van der Waals surface area contributed by atoms with Crippen molar-refractivity contribution in [2.75, 3.05) is 18.2 Å². The monoisotopic (exact) mass is 540 g/mol. The second kappa shape index (κ2) is 8.70. The lowest BCUT2D eigenvalue weighted by Gasteiger charge is -2.34. The first-order valence-electron chi connectivity index (χ1n) is 11.8. The molecule has 3 aromatic rings. The second-order valence-corrected chi connectivity index (χ2v) is 10.5. The van der Waals surface area contributed by atoms with Gasteiger partial charge in [0.25, 0.3) is 0 Å². The molecule has 0 radical (unpaired) electrons. The standard InChI is InChI=1S/C27H23Cl2FN4O3/c1-37-25(35)12-5-7-14(18(31)9-12)19-11-21-24(32-19)22(15-3-2-4-17(29)23(15)30)27(34-21)16-8-6-13(28)10-20(16)33-26(27)36/h2-10,19,21-22,24,32,34H,11,31H2,1H3,(H,33,36)/t19?,21-,22-,24+,27+/m0/s1. The molecule has 2 fully saturated rings. The normalized spacial score (nSPS) is 27.7. The van der Waals surface area contributed by atoms with Gasteiger partial charge in [0.1, 0.15) is 11.4 Å². The summed E-state index contributed by atoms with van der Waals surface area (Å²) in [6.45, 7) is 0. The molecule has 1 unspecified atom stereocenters. The lowest BCUT2D eigenvalue weighted by Crippen LogP contribution is -2.50. The van der Waals surface area contributed by atoms with Crippen molar-refractivity contribution in [1.29, 1.82) is 0 Å². The van der Waals surface area contributed by atoms with Gasteiger partial charge in [0.15, 0.2) is 0 Å². The molecule has 2 saturated heterocycles. The molecule has 37 heavy (non-hydrogen) atoms. The van der Waals surface area contributed by atoms with E-state index >= 15 is 4.39 Å². The fourth-order valence-electron chi connectivity index (χ4n) is 6.25. The van der Waals surface area contributed by atoms with Crippen LogP contribution in [0.5, 0.6) is 0 Å². The van der Waals surface area contributed by atoms with E-state index in [1.165, 1.54) is 13.2 Å². The van der Waals surface area contributed by atoms with Crippen LogP contribution < -0.4 is 21.7 Å². The van der Waals surface area contributed by atoms with Crippen molar-refractivity contribution in [3.63, 3.8) is 0 Å². The highest BCUT2D eigenvalue weighted by Gasteiger charge is 2.64. The van der Waals surface area contributed by atoms with Crippen LogP contribution in [0.15, 0.2) is 54.6 Å². The number of anilines is 2. The Morgan fingerprint density at radius 1 is 1.14 bits per heavy atom. The van der Waals surface area contributed by atoms with Gasteiger partial charge in [-0.25, -0.2) is 9.18 Å². The predicted octanol–water partition coefficient (Wildman–Crippen LogP) is 4.51. The molecule has 190 valence electrons. The number of nitrogen functional groups attached to an aromatic ring is 1. The summed E-state index contributed by atoms with van der Waals surface area (Å²) in [5, 5.41) is 10.6. The Morgan fingerprint density at radius 2 is 1.95 bits per heavy atom. The molecule has 0 bridgehead atoms. The van der Waals surface area contributed by atoms with Crippen molar-refractivity contribution in [3.8, 4) is 0 Å². The third-order valence-corrected chi connectivity index (χ3v) is 8.30. The highest BCUT2D eigenvalue weighted by atomic mass is 35.5. The first-order valence-corrected chi connectivity index (χ1v) is 12.6. The van der Waals surface area contributed by atoms with Crippen LogP contribution in [0.3, 0.4) is 0 Å². The van der Waals surface area contributed by atoms with Gasteiger partial charge in [0, 0.05) is 46.0 Å². The van der Waals surface area contributed by atoms with Crippen LogP contribution in [0.1, 0.15) is 45.4 Å². The number of amides is 1. The zero-order valence-corrected chi connectivity index (χ0v) is 21.2. The molecule has 1 spiro atoms. The molecule has 5 atom stereocenters. The van der Waals surface area contributed by atoms with Gasteiger partial charge in [0.2, 0.25) is 5.91 Å². The van der Waals surface area contributed by atoms with Gasteiger partial charge >= 0.3 is 5.97 Å². The number of fused-ring (bicyclic) bond motifs is 3. The number of carbonyl (C=O) groups excluding carboxylic acids is 2. The molecule has 6 rings (SSSR count). The van der Waals surface area contributed by atoms with Crippen LogP contribution >= 0.6 is 23.2 Å². The predicted molar refractivity (Wildman–Crippen MR) is 139 cm³/mol. The number of nitrogens with one attached hydrogen (secondary N) is 3. The molecule has 5 N–H and O–H groups in total. The number of nitrogens with two attached hydrogens (primary N) is 1. The van der Waals surface area contributed by atoms with E-state index in [4.69, 9.17) is 33.7 Å². The van der Waals surface area contributed by atoms with Crippen LogP contribution in [-0.2, 0) is 15.1 Å². The summed E-state index contributed by atoms with van der Waals surface area (Å²) in [4.78, 5) is 25.6. The Morgan fingerprint density at radius 3 is 2.70 bits per heavy atom. The average Bonchev–Trinajstić information content (AvgIpc) is 3.49. The maximum atomic E-state index is 15.5. The van der Waals surface area contributed by atoms with E-state index in [0.29, 0.717) is 39.5 Å². The summed E-state index contributed by atoms with van der Waals surface area (Å²) in [5.41, 5.74) is 8.36. The maximum absolute atomic E-state index is 15.5. The largest absolute Gasteiger partial charge is 0.465 e. The van der Waals surface area contributed by atoms with E-state index in [1.54, 1.807) is 48.5 Å². The lowest BCUT2D eigenvalue weighted by molar-refractivity contribution is -0.122. The number of hydrogen-bond donors (Lipinski definition) is 4. The summed E-state index contributed by atoms with van der Waals surface area (Å²) < 4.78 is 20.3. The number of ether oxygens (including phenoxy) is 1. The van der Waals surface area contributed by atoms with Crippen LogP contribution in [0, 0.1) is 5.82 Å². The minimum absolute atomic E-state index is 0.0111. The number of rotatable bonds is 3. The van der Waals surface area contributed by atoms with E-state index in [1.807, 2.05) is 0 Å². The van der Waals surface area contributed by atoms with E-state index in [2.05, 4.69) is 16.0 Å². The SMILES string of the molecule is COC(=O)c1ccc(C2C[C@@H]3N[C@@]4(C(=O)Nc5cc(Cl)ccc54)[C@@H](c4cccc(Cl)c4F)[C@@H]3N2)c(N)c1. The first kappa shape index (κ1) is 24.2. The molecule has 0 saturated carbocycles. The van der Waals surface area contributed by atoms with Crippen molar-refractivity contribution in [1.82, 2.24) is 10.6 Å². The van der Waals surface area contributed by atoms with Gasteiger partial charge in [0.05, 0.1) is 17.7 Å². The summed E-state index contributed by atoms with van der Waals surface area (Å²) >= 11 is 12.4. The van der Waals surface area contributed by atoms with Crippen molar-refractivity contribution in [2.24, 2.45) is 0 Å². The lowest BCUT2D eigenvalue weighted by atomic mass is 9.74. The van der Waals surface area contributed by atoms with E-state index in [0.717, 1.165) is 5.56 Å². The number of esters is 1. The molecule has 3 aliphatic heterocycles. The minimum atomic E-state index is -1.22. The van der Waals surface area contributed by atoms with Gasteiger partial charge in [-0.1, -0.05) is 47.5 Å². The summed E-state index contributed by atoms with van der Waals surface area (Å²) in [7, 11) is 1.31. The van der Waals surface area contributed by atoms with Crippen molar-refractivity contribution in [2.45, 2.75) is 36.0 Å². The molecule has 0 aliphatic carbocycles. The molecule has 0 aromatic heterocycles. The Kier molecular flexibility index (Phi) is 5.69. The Hall–Kier alpha value is -3.17. The summed E-state index contributed by atoms with van der Waals surface area (Å²) in [6.07, 6.45) is 0.586. The molecule has 7 nitrogen and oxygen atoms in total. The number of benzene rings is 3. The number of carbonyl (C=O) groups is 2. The summed E-state index contributed by atoms with van der Waals surface area (Å²) in [5.74, 6) is -1.93. The van der Waals surface area contributed by atoms with Gasteiger partial charge in [-0.2, -0.15) is 0 Å². The number of methoxy groups -OCH3 is 1. The maximum Gasteiger partial charge on any atom is 0.337 e. The van der Waals surface area contributed by atoms with Gasteiger partial charge in [-0.15, -0.1) is 0 Å². The van der Waals surface area contributed by atoms with Crippen LogP contribution in [-0.4, -0.2) is 31.1 Å². The molecular weight excluding hydrogens is 518 g/mol. The Balaban J connectivity index is 1.44. The van der Waals surface area contributed by atoms with Crippen LogP contribution in [0.25, 0.3) is 0 Å². The van der Waals surface area contributed by atoms with E-state index in [-0.39, 0.29) is 29.1 Å². The zero-order chi connectivity index (χ0) is 26.1. The number of hydrogen-bond acceptors (Lipinski definition) is 6. The third-order valence-electron chi connectivity index (χ3n) is 7.77. The molecule has 3 aliphatic rings. The minimum Gasteiger partial charge on any atom is -0.465 e. The average molecular weight is 541 g/mol. The fraction of sp³-hybridized carbons (Fsp3) is 0.259. The molecule has 3 aromatic carbocycles. The molecule has 1 amide bonds. The van der Waals surface area contributed by atoms with Crippen LogP contribution in [0.4, 0.5) is 15.8 Å². The molecular formula is C27H23Cl2FN4O3. The Labute approximate surface area is 222 Å². The van der Waals surface area contributed by atoms with Gasteiger partial charge < -0.3 is 21.1 Å². The zero-order valence-electron chi connectivity index (χ0n) is 19.6. The second-order valence-electron chi connectivity index (χ2n) is 9.64. The summed E-state index contributed by atoms with van der Waals surface area (Å²) in [6, 6.07) is 14.4. The molecule has 10 heteroatoms. The van der Waals surface area contributed by atoms with E-state index in [9.17, 15) is 9.59 Å². The van der Waals surface area contributed by atoms with Gasteiger partial charge in [-0.3, -0.25) is 10.1 Å². The third kappa shape index (κ3) is 3.54. The molecule has 3 heterocycles. The van der Waals surface area contributed by atoms with Gasteiger partial charge in [-0.05, 0) is 47.9 Å². The number of halogens is 3. The quantitative estimate of drug-likeness (QED) is 0.288. The van der Waals surface area contributed by atoms with Crippen molar-refractivity contribution in [3.05, 3.63) is 92.7 Å². The highest BCUT2D eigenvalue weighted by Crippen LogP contribution is 2.55. The smallest absolute Gasteiger partial charge is 0.337 e. The highest BCUT2D eigenvalue weighted by molar-refractivity contribution is 6.31. The Bertz CT molecular complexity index is 1470. The van der Waals surface area contributed by atoms with Crippen molar-refractivity contribution < 1.29 is 18.7 Å². The first-order chi connectivity index (χ1) is 17.7. The van der Waals surface area contributed by atoms with E-state index < -0.39 is 23.2 Å².